The standard InChI is InChI=1S/C12H18O/c1-5-12(4)9-6-8(7-10(12)13)11(9,2)3/h5,8-9H,1,6-7H2,2-4H3/t8-,9-,12-/m1/s1. The zero-order valence-corrected chi connectivity index (χ0v) is 8.76. The Balaban J connectivity index is 2.38. The number of hydrogen-bond acceptors (Lipinski definition) is 1. The second-order valence-electron chi connectivity index (χ2n) is 5.42. The number of Topliss-reactive ketones (excluding diaryl/α,β-unsaturated/α-hetero) is 1. The van der Waals surface area contributed by atoms with Crippen molar-refractivity contribution < 1.29 is 4.79 Å². The number of carbonyl (C=O) groups is 1. The highest BCUT2D eigenvalue weighted by Crippen LogP contribution is 2.64. The predicted molar refractivity (Wildman–Crippen MR) is 53.3 cm³/mol. The molecule has 0 amide bonds. The number of rotatable bonds is 1. The molecule has 3 aliphatic rings. The lowest BCUT2D eigenvalue weighted by Gasteiger charge is -2.62. The summed E-state index contributed by atoms with van der Waals surface area (Å²) in [6.07, 6.45) is 3.87. The normalized spacial score (nSPS) is 46.8. The van der Waals surface area contributed by atoms with Gasteiger partial charge < -0.3 is 0 Å². The molecule has 0 aromatic carbocycles. The van der Waals surface area contributed by atoms with E-state index in [-0.39, 0.29) is 5.41 Å². The molecule has 13 heavy (non-hydrogen) atoms. The smallest absolute Gasteiger partial charge is 0.143 e. The second-order valence-corrected chi connectivity index (χ2v) is 5.42. The minimum Gasteiger partial charge on any atom is -0.299 e. The summed E-state index contributed by atoms with van der Waals surface area (Å²) in [5.41, 5.74) is 0.120. The highest BCUT2D eigenvalue weighted by molar-refractivity contribution is 5.89. The summed E-state index contributed by atoms with van der Waals surface area (Å²) in [5, 5.41) is 0. The van der Waals surface area contributed by atoms with E-state index in [1.165, 1.54) is 6.42 Å². The third-order valence-corrected chi connectivity index (χ3v) is 4.65. The van der Waals surface area contributed by atoms with E-state index in [9.17, 15) is 4.79 Å². The fraction of sp³-hybridized carbons (Fsp3) is 0.750. The average molecular weight is 178 g/mol. The van der Waals surface area contributed by atoms with E-state index in [1.807, 2.05) is 6.08 Å². The van der Waals surface area contributed by atoms with Gasteiger partial charge in [-0.05, 0) is 30.6 Å². The van der Waals surface area contributed by atoms with Crippen LogP contribution >= 0.6 is 0 Å². The lowest BCUT2D eigenvalue weighted by molar-refractivity contribution is -0.165. The molecule has 0 aromatic rings. The summed E-state index contributed by atoms with van der Waals surface area (Å²) in [7, 11) is 0. The van der Waals surface area contributed by atoms with E-state index in [1.54, 1.807) is 0 Å². The Morgan fingerprint density at radius 2 is 2.08 bits per heavy atom. The van der Waals surface area contributed by atoms with Crippen LogP contribution < -0.4 is 0 Å². The fourth-order valence-corrected chi connectivity index (χ4v) is 3.27. The van der Waals surface area contributed by atoms with Crippen molar-refractivity contribution in [3.05, 3.63) is 12.7 Å². The first kappa shape index (κ1) is 8.98. The van der Waals surface area contributed by atoms with E-state index in [2.05, 4.69) is 27.4 Å². The first-order valence-electron chi connectivity index (χ1n) is 5.10. The molecule has 2 bridgehead atoms. The summed E-state index contributed by atoms with van der Waals surface area (Å²) in [6, 6.07) is 0. The summed E-state index contributed by atoms with van der Waals surface area (Å²) < 4.78 is 0. The van der Waals surface area contributed by atoms with Crippen molar-refractivity contribution in [2.24, 2.45) is 22.7 Å². The summed E-state index contributed by atoms with van der Waals surface area (Å²) in [4.78, 5) is 11.8. The number of fused-ring (bicyclic) bond motifs is 2. The first-order chi connectivity index (χ1) is 5.93. The van der Waals surface area contributed by atoms with Crippen molar-refractivity contribution in [3.63, 3.8) is 0 Å². The van der Waals surface area contributed by atoms with Gasteiger partial charge in [0.1, 0.15) is 5.78 Å². The summed E-state index contributed by atoms with van der Waals surface area (Å²) >= 11 is 0. The highest BCUT2D eigenvalue weighted by Gasteiger charge is 2.61. The average Bonchev–Trinajstić information content (AvgIpc) is 2.08. The molecule has 3 fully saturated rings. The van der Waals surface area contributed by atoms with Gasteiger partial charge in [-0.3, -0.25) is 4.79 Å². The quantitative estimate of drug-likeness (QED) is 0.564. The molecule has 0 aromatic heterocycles. The van der Waals surface area contributed by atoms with E-state index < -0.39 is 0 Å². The Morgan fingerprint density at radius 3 is 2.46 bits per heavy atom. The van der Waals surface area contributed by atoms with Crippen molar-refractivity contribution in [2.45, 2.75) is 33.6 Å². The van der Waals surface area contributed by atoms with Gasteiger partial charge in [0.25, 0.3) is 0 Å². The van der Waals surface area contributed by atoms with Crippen LogP contribution in [-0.4, -0.2) is 5.78 Å². The summed E-state index contributed by atoms with van der Waals surface area (Å²) in [5.74, 6) is 1.57. The molecule has 3 atom stereocenters. The van der Waals surface area contributed by atoms with Crippen LogP contribution in [-0.2, 0) is 4.79 Å². The topological polar surface area (TPSA) is 17.1 Å². The second kappa shape index (κ2) is 2.26. The van der Waals surface area contributed by atoms with Gasteiger partial charge >= 0.3 is 0 Å². The van der Waals surface area contributed by atoms with Crippen LogP contribution in [0.3, 0.4) is 0 Å². The Hall–Kier alpha value is -0.590. The molecule has 3 saturated carbocycles. The van der Waals surface area contributed by atoms with Crippen LogP contribution in [0.4, 0.5) is 0 Å². The summed E-state index contributed by atoms with van der Waals surface area (Å²) in [6.45, 7) is 10.5. The molecule has 0 N–H and O–H groups in total. The number of allylic oxidation sites excluding steroid dienone is 1. The van der Waals surface area contributed by atoms with Gasteiger partial charge in [0.15, 0.2) is 0 Å². The number of carbonyl (C=O) groups excluding carboxylic acids is 1. The molecule has 0 radical (unpaired) electrons. The molecule has 0 aliphatic heterocycles. The van der Waals surface area contributed by atoms with Crippen LogP contribution in [0.2, 0.25) is 0 Å². The van der Waals surface area contributed by atoms with Crippen molar-refractivity contribution >= 4 is 5.78 Å². The van der Waals surface area contributed by atoms with Crippen molar-refractivity contribution in [2.75, 3.05) is 0 Å². The number of hydrogen-bond donors (Lipinski definition) is 0. The van der Waals surface area contributed by atoms with Crippen LogP contribution in [0.25, 0.3) is 0 Å². The zero-order chi connectivity index (χ0) is 9.85. The van der Waals surface area contributed by atoms with Crippen molar-refractivity contribution in [1.29, 1.82) is 0 Å². The van der Waals surface area contributed by atoms with Gasteiger partial charge in [0, 0.05) is 11.8 Å². The minimum atomic E-state index is -0.238. The van der Waals surface area contributed by atoms with E-state index in [0.29, 0.717) is 23.0 Å². The fourth-order valence-electron chi connectivity index (χ4n) is 3.27. The highest BCUT2D eigenvalue weighted by atomic mass is 16.1. The molecule has 1 nitrogen and oxygen atoms in total. The Labute approximate surface area is 80.2 Å². The largest absolute Gasteiger partial charge is 0.299 e. The monoisotopic (exact) mass is 178 g/mol. The maximum Gasteiger partial charge on any atom is 0.143 e. The van der Waals surface area contributed by atoms with E-state index in [0.717, 1.165) is 6.42 Å². The predicted octanol–water partition coefficient (Wildman–Crippen LogP) is 2.81. The molecule has 3 aliphatic carbocycles. The zero-order valence-electron chi connectivity index (χ0n) is 8.76. The molecule has 1 heteroatoms. The number of ketones is 1. The Bertz CT molecular complexity index is 277. The third kappa shape index (κ3) is 0.853. The van der Waals surface area contributed by atoms with Crippen molar-refractivity contribution in [1.82, 2.24) is 0 Å². The van der Waals surface area contributed by atoms with Crippen molar-refractivity contribution in [3.8, 4) is 0 Å². The van der Waals surface area contributed by atoms with E-state index >= 15 is 0 Å². The molecule has 0 spiro atoms. The van der Waals surface area contributed by atoms with Crippen LogP contribution in [0.1, 0.15) is 33.6 Å². The molecular weight excluding hydrogens is 160 g/mol. The third-order valence-electron chi connectivity index (χ3n) is 4.65. The van der Waals surface area contributed by atoms with Gasteiger partial charge in [0.05, 0.1) is 0 Å². The van der Waals surface area contributed by atoms with E-state index in [4.69, 9.17) is 0 Å². The van der Waals surface area contributed by atoms with Gasteiger partial charge in [-0.1, -0.05) is 19.9 Å². The van der Waals surface area contributed by atoms with Crippen LogP contribution in [0.15, 0.2) is 12.7 Å². The first-order valence-corrected chi connectivity index (χ1v) is 5.10. The Morgan fingerprint density at radius 1 is 1.46 bits per heavy atom. The van der Waals surface area contributed by atoms with Gasteiger partial charge in [-0.25, -0.2) is 0 Å². The van der Waals surface area contributed by atoms with Gasteiger partial charge in [0.2, 0.25) is 0 Å². The molecular formula is C12H18O. The molecule has 0 unspecified atom stereocenters. The van der Waals surface area contributed by atoms with Gasteiger partial charge in [-0.15, -0.1) is 6.58 Å². The maximum atomic E-state index is 11.8. The molecule has 72 valence electrons. The lowest BCUT2D eigenvalue weighted by Crippen LogP contribution is -2.60. The maximum absolute atomic E-state index is 11.8. The Kier molecular flexibility index (Phi) is 1.56. The molecule has 3 rings (SSSR count). The molecule has 0 saturated heterocycles. The van der Waals surface area contributed by atoms with Gasteiger partial charge in [-0.2, -0.15) is 0 Å². The minimum absolute atomic E-state index is 0.238. The lowest BCUT2D eigenvalue weighted by atomic mass is 9.41. The SMILES string of the molecule is C=C[C@@]1(C)C(=O)C[C@H]2C[C@@H]1C2(C)C. The van der Waals surface area contributed by atoms with Crippen LogP contribution in [0, 0.1) is 22.7 Å². The molecule has 0 heterocycles. The van der Waals surface area contributed by atoms with Crippen LogP contribution in [0.5, 0.6) is 0 Å².